The van der Waals surface area contributed by atoms with Gasteiger partial charge >= 0.3 is 0 Å². The Balaban J connectivity index is 0.00000200. The SMILES string of the molecule is CNCC1CCCN(S(=O)(=O)c2cc(C)sc2C)C1.Cl. The summed E-state index contributed by atoms with van der Waals surface area (Å²) in [5.74, 6) is 0.425. The van der Waals surface area contributed by atoms with Crippen LogP contribution in [0.2, 0.25) is 0 Å². The lowest BCUT2D eigenvalue weighted by Crippen LogP contribution is -2.42. The van der Waals surface area contributed by atoms with Crippen LogP contribution < -0.4 is 5.32 Å². The molecule has 1 saturated heterocycles. The van der Waals surface area contributed by atoms with E-state index in [0.29, 0.717) is 23.9 Å². The van der Waals surface area contributed by atoms with Crippen LogP contribution in [-0.4, -0.2) is 39.4 Å². The largest absolute Gasteiger partial charge is 0.319 e. The van der Waals surface area contributed by atoms with Gasteiger partial charge < -0.3 is 5.32 Å². The molecule has 1 unspecified atom stereocenters. The first-order chi connectivity index (χ1) is 8.95. The molecule has 1 N–H and O–H groups in total. The molecular formula is C13H23ClN2O2S2. The molecule has 0 amide bonds. The number of nitrogens with one attached hydrogen (secondary N) is 1. The summed E-state index contributed by atoms with van der Waals surface area (Å²) in [5.41, 5.74) is 0. The third kappa shape index (κ3) is 3.74. The zero-order valence-electron chi connectivity index (χ0n) is 12.2. The van der Waals surface area contributed by atoms with Gasteiger partial charge in [-0.15, -0.1) is 23.7 Å². The number of hydrogen-bond donors (Lipinski definition) is 1. The zero-order chi connectivity index (χ0) is 14.0. The van der Waals surface area contributed by atoms with Gasteiger partial charge in [0.15, 0.2) is 0 Å². The molecule has 0 bridgehead atoms. The number of rotatable bonds is 4. The second-order valence-corrected chi connectivity index (χ2v) is 8.57. The predicted molar refractivity (Wildman–Crippen MR) is 86.5 cm³/mol. The first kappa shape index (κ1) is 17.9. The molecule has 7 heteroatoms. The van der Waals surface area contributed by atoms with Crippen molar-refractivity contribution in [1.82, 2.24) is 9.62 Å². The lowest BCUT2D eigenvalue weighted by Gasteiger charge is -2.31. The van der Waals surface area contributed by atoms with Gasteiger partial charge in [-0.1, -0.05) is 0 Å². The monoisotopic (exact) mass is 338 g/mol. The van der Waals surface area contributed by atoms with E-state index in [9.17, 15) is 8.42 Å². The first-order valence-electron chi connectivity index (χ1n) is 6.67. The van der Waals surface area contributed by atoms with Crippen LogP contribution in [0.15, 0.2) is 11.0 Å². The van der Waals surface area contributed by atoms with E-state index in [1.807, 2.05) is 20.9 Å². The highest BCUT2D eigenvalue weighted by molar-refractivity contribution is 7.89. The molecule has 20 heavy (non-hydrogen) atoms. The van der Waals surface area contributed by atoms with Crippen molar-refractivity contribution in [3.8, 4) is 0 Å². The second-order valence-electron chi connectivity index (χ2n) is 5.21. The number of nitrogens with zero attached hydrogens (tertiary/aromatic N) is 1. The van der Waals surface area contributed by atoms with E-state index in [2.05, 4.69) is 5.32 Å². The van der Waals surface area contributed by atoms with Crippen LogP contribution in [0.25, 0.3) is 0 Å². The van der Waals surface area contributed by atoms with Crippen LogP contribution in [-0.2, 0) is 10.0 Å². The van der Waals surface area contributed by atoms with Crippen LogP contribution in [0.4, 0.5) is 0 Å². The molecule has 0 radical (unpaired) electrons. The van der Waals surface area contributed by atoms with Crippen molar-refractivity contribution < 1.29 is 8.42 Å². The van der Waals surface area contributed by atoms with Gasteiger partial charge in [-0.2, -0.15) is 4.31 Å². The van der Waals surface area contributed by atoms with Crippen molar-refractivity contribution in [1.29, 1.82) is 0 Å². The van der Waals surface area contributed by atoms with Gasteiger partial charge in [-0.05, 0) is 52.3 Å². The lowest BCUT2D eigenvalue weighted by molar-refractivity contribution is 0.263. The normalized spacial score (nSPS) is 20.6. The molecule has 2 rings (SSSR count). The Morgan fingerprint density at radius 2 is 2.15 bits per heavy atom. The summed E-state index contributed by atoms with van der Waals surface area (Å²) < 4.78 is 27.0. The molecule has 0 saturated carbocycles. The molecular weight excluding hydrogens is 316 g/mol. The van der Waals surface area contributed by atoms with E-state index in [4.69, 9.17) is 0 Å². The molecule has 1 fully saturated rings. The smallest absolute Gasteiger partial charge is 0.244 e. The highest BCUT2D eigenvalue weighted by Crippen LogP contribution is 2.30. The van der Waals surface area contributed by atoms with Gasteiger partial charge in [-0.3, -0.25) is 0 Å². The van der Waals surface area contributed by atoms with E-state index in [1.54, 1.807) is 21.7 Å². The summed E-state index contributed by atoms with van der Waals surface area (Å²) >= 11 is 1.55. The van der Waals surface area contributed by atoms with Gasteiger partial charge in [0, 0.05) is 22.8 Å². The summed E-state index contributed by atoms with van der Waals surface area (Å²) in [5, 5.41) is 3.15. The molecule has 2 heterocycles. The lowest BCUT2D eigenvalue weighted by atomic mass is 10.00. The maximum atomic E-state index is 12.7. The van der Waals surface area contributed by atoms with Crippen LogP contribution in [0.5, 0.6) is 0 Å². The molecule has 0 aliphatic carbocycles. The van der Waals surface area contributed by atoms with Crippen molar-refractivity contribution >= 4 is 33.8 Å². The second kappa shape index (κ2) is 7.22. The molecule has 1 aliphatic rings. The van der Waals surface area contributed by atoms with Crippen LogP contribution in [0.3, 0.4) is 0 Å². The van der Waals surface area contributed by atoms with E-state index in [1.165, 1.54) is 0 Å². The molecule has 0 aromatic carbocycles. The van der Waals surface area contributed by atoms with Crippen LogP contribution >= 0.6 is 23.7 Å². The highest BCUT2D eigenvalue weighted by Gasteiger charge is 2.31. The van der Waals surface area contributed by atoms with Crippen molar-refractivity contribution in [2.24, 2.45) is 5.92 Å². The van der Waals surface area contributed by atoms with Crippen molar-refractivity contribution in [2.75, 3.05) is 26.7 Å². The van der Waals surface area contributed by atoms with Gasteiger partial charge in [0.1, 0.15) is 0 Å². The van der Waals surface area contributed by atoms with E-state index in [-0.39, 0.29) is 12.4 Å². The summed E-state index contributed by atoms with van der Waals surface area (Å²) in [6, 6.07) is 1.80. The molecule has 0 spiro atoms. The number of aryl methyl sites for hydroxylation is 2. The van der Waals surface area contributed by atoms with Gasteiger partial charge in [-0.25, -0.2) is 8.42 Å². The molecule has 4 nitrogen and oxygen atoms in total. The molecule has 116 valence electrons. The summed E-state index contributed by atoms with van der Waals surface area (Å²) in [4.78, 5) is 2.45. The Bertz CT molecular complexity index is 541. The summed E-state index contributed by atoms with van der Waals surface area (Å²) in [6.07, 6.45) is 2.06. The molecule has 1 aliphatic heterocycles. The van der Waals surface area contributed by atoms with E-state index < -0.39 is 10.0 Å². The minimum atomic E-state index is -3.31. The molecule has 1 atom stereocenters. The Kier molecular flexibility index (Phi) is 6.47. The van der Waals surface area contributed by atoms with E-state index in [0.717, 1.165) is 29.1 Å². The Hall–Kier alpha value is -0.140. The third-order valence-electron chi connectivity index (χ3n) is 3.59. The Morgan fingerprint density at radius 1 is 1.45 bits per heavy atom. The van der Waals surface area contributed by atoms with Gasteiger partial charge in [0.05, 0.1) is 4.90 Å². The minimum absolute atomic E-state index is 0. The fraction of sp³-hybridized carbons (Fsp3) is 0.692. The quantitative estimate of drug-likeness (QED) is 0.917. The number of piperidine rings is 1. The fourth-order valence-corrected chi connectivity index (χ4v) is 5.78. The standard InChI is InChI=1S/C13H22N2O2S2.ClH/c1-10-7-13(11(2)18-10)19(16,17)15-6-4-5-12(9-15)8-14-3;/h7,12,14H,4-6,8-9H2,1-3H3;1H. The number of thiophene rings is 1. The van der Waals surface area contributed by atoms with Crippen LogP contribution in [0, 0.1) is 19.8 Å². The fourth-order valence-electron chi connectivity index (χ4n) is 2.70. The Morgan fingerprint density at radius 3 is 2.70 bits per heavy atom. The molecule has 1 aromatic rings. The summed E-state index contributed by atoms with van der Waals surface area (Å²) in [7, 11) is -1.39. The van der Waals surface area contributed by atoms with Gasteiger partial charge in [0.25, 0.3) is 0 Å². The zero-order valence-corrected chi connectivity index (χ0v) is 14.6. The van der Waals surface area contributed by atoms with Crippen molar-refractivity contribution in [3.63, 3.8) is 0 Å². The maximum absolute atomic E-state index is 12.7. The average molecular weight is 339 g/mol. The third-order valence-corrected chi connectivity index (χ3v) is 6.67. The van der Waals surface area contributed by atoms with Crippen LogP contribution in [0.1, 0.15) is 22.6 Å². The number of sulfonamides is 1. The average Bonchev–Trinajstić information content (AvgIpc) is 2.70. The molecule has 1 aromatic heterocycles. The topological polar surface area (TPSA) is 49.4 Å². The number of hydrogen-bond acceptors (Lipinski definition) is 4. The number of halogens is 1. The minimum Gasteiger partial charge on any atom is -0.319 e. The van der Waals surface area contributed by atoms with Crippen molar-refractivity contribution in [3.05, 3.63) is 15.8 Å². The van der Waals surface area contributed by atoms with Crippen molar-refractivity contribution in [2.45, 2.75) is 31.6 Å². The van der Waals surface area contributed by atoms with Gasteiger partial charge in [0.2, 0.25) is 10.0 Å². The Labute approximate surface area is 132 Å². The first-order valence-corrected chi connectivity index (χ1v) is 8.92. The highest BCUT2D eigenvalue weighted by atomic mass is 35.5. The van der Waals surface area contributed by atoms with E-state index >= 15 is 0 Å². The summed E-state index contributed by atoms with van der Waals surface area (Å²) in [6.45, 7) is 6.01. The predicted octanol–water partition coefficient (Wildman–Crippen LogP) is 2.41. The maximum Gasteiger partial charge on any atom is 0.244 e.